The molecule has 0 amide bonds. The van der Waals surface area contributed by atoms with Crippen LogP contribution in [0.25, 0.3) is 11.1 Å². The first-order chi connectivity index (χ1) is 13.5. The van der Waals surface area contributed by atoms with Gasteiger partial charge in [-0.2, -0.15) is 0 Å². The van der Waals surface area contributed by atoms with Gasteiger partial charge in [-0.05, 0) is 42.7 Å². The van der Waals surface area contributed by atoms with Crippen LogP contribution in [0.5, 0.6) is 11.6 Å². The maximum Gasteiger partial charge on any atom is 0.303 e. The van der Waals surface area contributed by atoms with Gasteiger partial charge in [-0.15, -0.1) is 0 Å². The Morgan fingerprint density at radius 1 is 1.29 bits per heavy atom. The second-order valence-electron chi connectivity index (χ2n) is 6.43. The van der Waals surface area contributed by atoms with Crippen molar-refractivity contribution in [2.24, 2.45) is 0 Å². The Bertz CT molecular complexity index is 801. The summed E-state index contributed by atoms with van der Waals surface area (Å²) >= 11 is 0. The molecule has 0 bridgehead atoms. The van der Waals surface area contributed by atoms with Crippen molar-refractivity contribution in [3.8, 4) is 22.8 Å². The summed E-state index contributed by atoms with van der Waals surface area (Å²) in [6, 6.07) is 5.68. The highest BCUT2D eigenvalue weighted by molar-refractivity contribution is 5.69. The van der Waals surface area contributed by atoms with Crippen molar-refractivity contribution in [2.75, 3.05) is 19.8 Å². The van der Waals surface area contributed by atoms with Crippen molar-refractivity contribution in [3.05, 3.63) is 42.1 Å². The molecule has 150 valence electrons. The Morgan fingerprint density at radius 2 is 2.07 bits per heavy atom. The maximum absolute atomic E-state index is 14.4. The Labute approximate surface area is 161 Å². The van der Waals surface area contributed by atoms with Crippen LogP contribution in [0, 0.1) is 11.6 Å². The van der Waals surface area contributed by atoms with Gasteiger partial charge in [-0.1, -0.05) is 0 Å². The Balaban J connectivity index is 1.72. The van der Waals surface area contributed by atoms with Gasteiger partial charge in [-0.3, -0.25) is 4.79 Å². The van der Waals surface area contributed by atoms with Crippen LogP contribution >= 0.6 is 0 Å². The molecule has 1 aromatic carbocycles. The molecule has 8 heteroatoms. The second kappa shape index (κ2) is 9.45. The molecule has 3 rings (SSSR count). The highest BCUT2D eigenvalue weighted by atomic mass is 19.1. The number of pyridine rings is 1. The molecule has 1 saturated heterocycles. The van der Waals surface area contributed by atoms with Crippen LogP contribution in [0.1, 0.15) is 25.7 Å². The molecule has 1 atom stereocenters. The van der Waals surface area contributed by atoms with Gasteiger partial charge in [0.1, 0.15) is 6.10 Å². The summed E-state index contributed by atoms with van der Waals surface area (Å²) in [6.45, 7) is 1.09. The van der Waals surface area contributed by atoms with E-state index in [1.807, 2.05) is 0 Å². The van der Waals surface area contributed by atoms with Gasteiger partial charge >= 0.3 is 5.97 Å². The summed E-state index contributed by atoms with van der Waals surface area (Å²) in [4.78, 5) is 14.6. The largest absolute Gasteiger partial charge is 0.488 e. The lowest BCUT2D eigenvalue weighted by molar-refractivity contribution is -0.137. The van der Waals surface area contributed by atoms with Crippen LogP contribution in [0.15, 0.2) is 30.5 Å². The number of carboxylic acids is 1. The SMILES string of the molecule is O=C(O)CCCCOc1c(F)cc(-c2cccnc2OC2CCOC2)cc1F. The third kappa shape index (κ3) is 5.16. The van der Waals surface area contributed by atoms with Crippen molar-refractivity contribution in [1.82, 2.24) is 4.98 Å². The second-order valence-corrected chi connectivity index (χ2v) is 6.43. The van der Waals surface area contributed by atoms with Crippen LogP contribution in [0.3, 0.4) is 0 Å². The molecule has 0 spiro atoms. The van der Waals surface area contributed by atoms with E-state index in [-0.39, 0.29) is 24.7 Å². The molecule has 6 nitrogen and oxygen atoms in total. The minimum Gasteiger partial charge on any atom is -0.488 e. The van der Waals surface area contributed by atoms with E-state index in [0.717, 1.165) is 6.42 Å². The number of rotatable bonds is 9. The molecular formula is C20H21F2NO5. The zero-order chi connectivity index (χ0) is 19.9. The Morgan fingerprint density at radius 3 is 2.75 bits per heavy atom. The molecule has 1 aromatic heterocycles. The number of aliphatic carboxylic acids is 1. The molecule has 1 unspecified atom stereocenters. The molecule has 1 aliphatic heterocycles. The highest BCUT2D eigenvalue weighted by Gasteiger charge is 2.21. The minimum absolute atomic E-state index is 0.0108. The summed E-state index contributed by atoms with van der Waals surface area (Å²) < 4.78 is 45.1. The van der Waals surface area contributed by atoms with Crippen LogP contribution in [-0.2, 0) is 9.53 Å². The number of halogens is 2. The number of hydrogen-bond acceptors (Lipinski definition) is 5. The van der Waals surface area contributed by atoms with Crippen molar-refractivity contribution >= 4 is 5.97 Å². The first kappa shape index (κ1) is 20.0. The number of benzene rings is 1. The predicted octanol–water partition coefficient (Wildman–Crippen LogP) is 3.83. The zero-order valence-corrected chi connectivity index (χ0v) is 15.2. The molecule has 1 N–H and O–H groups in total. The number of unbranched alkanes of at least 4 members (excludes halogenated alkanes) is 1. The van der Waals surface area contributed by atoms with E-state index in [4.69, 9.17) is 19.3 Å². The van der Waals surface area contributed by atoms with Crippen molar-refractivity contribution in [1.29, 1.82) is 0 Å². The fourth-order valence-corrected chi connectivity index (χ4v) is 2.87. The minimum atomic E-state index is -0.916. The van der Waals surface area contributed by atoms with Gasteiger partial charge < -0.3 is 19.3 Å². The molecule has 1 fully saturated rings. The first-order valence-corrected chi connectivity index (χ1v) is 9.08. The normalized spacial score (nSPS) is 16.1. The fraction of sp³-hybridized carbons (Fsp3) is 0.400. The van der Waals surface area contributed by atoms with Gasteiger partial charge in [0, 0.05) is 24.6 Å². The summed E-state index contributed by atoms with van der Waals surface area (Å²) in [6.07, 6.45) is 2.89. The Kier molecular flexibility index (Phi) is 6.76. The summed E-state index contributed by atoms with van der Waals surface area (Å²) in [7, 11) is 0. The number of aromatic nitrogens is 1. The van der Waals surface area contributed by atoms with Gasteiger partial charge in [-0.25, -0.2) is 13.8 Å². The third-order valence-corrected chi connectivity index (χ3v) is 4.28. The van der Waals surface area contributed by atoms with E-state index in [2.05, 4.69) is 4.98 Å². The van der Waals surface area contributed by atoms with Crippen LogP contribution in [0.4, 0.5) is 8.78 Å². The lowest BCUT2D eigenvalue weighted by Crippen LogP contribution is -2.17. The van der Waals surface area contributed by atoms with Crippen LogP contribution < -0.4 is 9.47 Å². The van der Waals surface area contributed by atoms with E-state index in [1.165, 1.54) is 12.1 Å². The molecule has 2 heterocycles. The van der Waals surface area contributed by atoms with Crippen molar-refractivity contribution in [2.45, 2.75) is 31.8 Å². The topological polar surface area (TPSA) is 77.9 Å². The van der Waals surface area contributed by atoms with Gasteiger partial charge in [0.2, 0.25) is 5.88 Å². The maximum atomic E-state index is 14.4. The smallest absolute Gasteiger partial charge is 0.303 e. The average molecular weight is 393 g/mol. The van der Waals surface area contributed by atoms with E-state index >= 15 is 0 Å². The molecule has 28 heavy (non-hydrogen) atoms. The number of ether oxygens (including phenoxy) is 3. The quantitative estimate of drug-likeness (QED) is 0.653. The molecular weight excluding hydrogens is 372 g/mol. The number of carbonyl (C=O) groups is 1. The van der Waals surface area contributed by atoms with Crippen molar-refractivity contribution in [3.63, 3.8) is 0 Å². The molecule has 0 aliphatic carbocycles. The van der Waals surface area contributed by atoms with Crippen LogP contribution in [-0.4, -0.2) is 42.0 Å². The molecule has 1 aliphatic rings. The molecule has 0 radical (unpaired) electrons. The van der Waals surface area contributed by atoms with Gasteiger partial charge in [0.25, 0.3) is 0 Å². The van der Waals surface area contributed by atoms with E-state index in [0.29, 0.717) is 37.5 Å². The summed E-state index contributed by atoms with van der Waals surface area (Å²) in [5.74, 6) is -2.78. The average Bonchev–Trinajstić information content (AvgIpc) is 3.16. The number of hydrogen-bond donors (Lipinski definition) is 1. The fourth-order valence-electron chi connectivity index (χ4n) is 2.87. The van der Waals surface area contributed by atoms with E-state index in [9.17, 15) is 13.6 Å². The van der Waals surface area contributed by atoms with E-state index < -0.39 is 23.4 Å². The highest BCUT2D eigenvalue weighted by Crippen LogP contribution is 2.34. The Hall–Kier alpha value is -2.74. The standard InChI is InChI=1S/C20H21F2NO5/c21-16-10-13(11-17(22)19(16)27-8-2-1-5-18(24)25)15-4-3-7-23-20(15)28-14-6-9-26-12-14/h3-4,7,10-11,14H,1-2,5-6,8-9,12H2,(H,24,25). The van der Waals surface area contributed by atoms with Crippen LogP contribution in [0.2, 0.25) is 0 Å². The predicted molar refractivity (Wildman–Crippen MR) is 96.4 cm³/mol. The first-order valence-electron chi connectivity index (χ1n) is 9.08. The van der Waals surface area contributed by atoms with E-state index in [1.54, 1.807) is 18.3 Å². The lowest BCUT2D eigenvalue weighted by Gasteiger charge is -2.15. The molecule has 2 aromatic rings. The summed E-state index contributed by atoms with van der Waals surface area (Å²) in [5, 5.41) is 8.59. The number of carboxylic acid groups (broad SMARTS) is 1. The lowest BCUT2D eigenvalue weighted by atomic mass is 10.1. The van der Waals surface area contributed by atoms with Gasteiger partial charge in [0.05, 0.1) is 19.8 Å². The van der Waals surface area contributed by atoms with Gasteiger partial charge in [0.15, 0.2) is 17.4 Å². The third-order valence-electron chi connectivity index (χ3n) is 4.28. The molecule has 0 saturated carbocycles. The number of nitrogens with zero attached hydrogens (tertiary/aromatic N) is 1. The monoisotopic (exact) mass is 393 g/mol. The zero-order valence-electron chi connectivity index (χ0n) is 15.2. The van der Waals surface area contributed by atoms with Crippen molar-refractivity contribution < 1.29 is 32.9 Å². The summed E-state index contributed by atoms with van der Waals surface area (Å²) in [5.41, 5.74) is 0.760.